The number of rotatable bonds is 2. The Kier molecular flexibility index (Phi) is 5.61. The molecule has 3 unspecified atom stereocenters. The standard InChI is InChI=1S/C18H29NOS/c1-18(2,3)14-10-12-15(13-11-14)21(20)17-9-7-5-4-6-8-16(17)19/h10-13,16-17H,4-9,19H2,1-3H3. The highest BCUT2D eigenvalue weighted by Gasteiger charge is 2.26. The summed E-state index contributed by atoms with van der Waals surface area (Å²) in [6, 6.07) is 8.36. The average Bonchev–Trinajstić information content (AvgIpc) is 2.42. The van der Waals surface area contributed by atoms with Crippen molar-refractivity contribution in [2.24, 2.45) is 5.73 Å². The van der Waals surface area contributed by atoms with Crippen LogP contribution in [0.15, 0.2) is 29.2 Å². The van der Waals surface area contributed by atoms with E-state index in [9.17, 15) is 4.21 Å². The number of hydrogen-bond acceptors (Lipinski definition) is 2. The molecule has 1 aliphatic carbocycles. The Morgan fingerprint density at radius 2 is 1.57 bits per heavy atom. The van der Waals surface area contributed by atoms with E-state index in [2.05, 4.69) is 32.9 Å². The first-order valence-corrected chi connectivity index (χ1v) is 9.37. The maximum absolute atomic E-state index is 12.9. The molecule has 3 atom stereocenters. The highest BCUT2D eigenvalue weighted by molar-refractivity contribution is 7.85. The van der Waals surface area contributed by atoms with Crippen molar-refractivity contribution >= 4 is 10.8 Å². The summed E-state index contributed by atoms with van der Waals surface area (Å²) in [5.41, 5.74) is 7.71. The van der Waals surface area contributed by atoms with E-state index in [1.165, 1.54) is 24.8 Å². The molecule has 21 heavy (non-hydrogen) atoms. The second-order valence-electron chi connectivity index (χ2n) is 7.27. The van der Waals surface area contributed by atoms with Gasteiger partial charge in [0.15, 0.2) is 0 Å². The van der Waals surface area contributed by atoms with Crippen LogP contribution in [0, 0.1) is 0 Å². The lowest BCUT2D eigenvalue weighted by atomic mass is 9.87. The molecule has 0 aliphatic heterocycles. The van der Waals surface area contributed by atoms with Crippen molar-refractivity contribution in [1.29, 1.82) is 0 Å². The molecule has 0 heterocycles. The highest BCUT2D eigenvalue weighted by Crippen LogP contribution is 2.27. The molecule has 0 aromatic heterocycles. The van der Waals surface area contributed by atoms with Gasteiger partial charge in [0, 0.05) is 10.9 Å². The summed E-state index contributed by atoms with van der Waals surface area (Å²) in [5, 5.41) is 0.116. The van der Waals surface area contributed by atoms with Crippen LogP contribution in [0.1, 0.15) is 64.9 Å². The van der Waals surface area contributed by atoms with E-state index in [4.69, 9.17) is 5.73 Å². The Bertz CT molecular complexity index is 475. The highest BCUT2D eigenvalue weighted by atomic mass is 32.2. The zero-order valence-electron chi connectivity index (χ0n) is 13.6. The fraction of sp³-hybridized carbons (Fsp3) is 0.667. The maximum atomic E-state index is 12.9. The van der Waals surface area contributed by atoms with Gasteiger partial charge < -0.3 is 5.73 Å². The number of nitrogens with two attached hydrogens (primary N) is 1. The second kappa shape index (κ2) is 7.06. The largest absolute Gasteiger partial charge is 0.327 e. The predicted molar refractivity (Wildman–Crippen MR) is 91.0 cm³/mol. The zero-order chi connectivity index (χ0) is 15.5. The first kappa shape index (κ1) is 16.7. The van der Waals surface area contributed by atoms with Crippen LogP contribution in [0.3, 0.4) is 0 Å². The van der Waals surface area contributed by atoms with E-state index >= 15 is 0 Å². The van der Waals surface area contributed by atoms with Gasteiger partial charge in [0.05, 0.1) is 16.0 Å². The Morgan fingerprint density at radius 1 is 1.00 bits per heavy atom. The van der Waals surface area contributed by atoms with Gasteiger partial charge in [0.2, 0.25) is 0 Å². The number of benzene rings is 1. The molecule has 0 spiro atoms. The molecular weight excluding hydrogens is 278 g/mol. The Balaban J connectivity index is 2.14. The van der Waals surface area contributed by atoms with Crippen molar-refractivity contribution in [1.82, 2.24) is 0 Å². The lowest BCUT2D eigenvalue weighted by molar-refractivity contribution is 0.456. The monoisotopic (exact) mass is 307 g/mol. The predicted octanol–water partition coefficient (Wildman–Crippen LogP) is 4.14. The van der Waals surface area contributed by atoms with Crippen molar-refractivity contribution in [2.75, 3.05) is 0 Å². The first-order chi connectivity index (χ1) is 9.89. The fourth-order valence-electron chi connectivity index (χ4n) is 3.01. The normalized spacial score (nSPS) is 25.9. The van der Waals surface area contributed by atoms with Gasteiger partial charge in [-0.2, -0.15) is 0 Å². The minimum Gasteiger partial charge on any atom is -0.327 e. The summed E-state index contributed by atoms with van der Waals surface area (Å²) in [6.45, 7) is 6.59. The SMILES string of the molecule is CC(C)(C)c1ccc(S(=O)C2CCCCCCC2N)cc1. The van der Waals surface area contributed by atoms with E-state index in [0.717, 1.165) is 24.2 Å². The smallest absolute Gasteiger partial charge is 0.0576 e. The summed E-state index contributed by atoms with van der Waals surface area (Å²) in [4.78, 5) is 0.934. The van der Waals surface area contributed by atoms with Crippen molar-refractivity contribution in [3.8, 4) is 0 Å². The van der Waals surface area contributed by atoms with Gasteiger partial charge in [0.1, 0.15) is 0 Å². The second-order valence-corrected chi connectivity index (χ2v) is 8.94. The molecule has 1 aliphatic rings. The topological polar surface area (TPSA) is 43.1 Å². The molecule has 0 saturated heterocycles. The molecule has 2 nitrogen and oxygen atoms in total. The van der Waals surface area contributed by atoms with Crippen LogP contribution >= 0.6 is 0 Å². The molecule has 0 radical (unpaired) electrons. The average molecular weight is 308 g/mol. The summed E-state index contributed by atoms with van der Waals surface area (Å²) in [6.07, 6.45) is 6.87. The molecule has 0 bridgehead atoms. The molecule has 2 rings (SSSR count). The lowest BCUT2D eigenvalue weighted by Gasteiger charge is -2.26. The third-order valence-corrected chi connectivity index (χ3v) is 6.35. The minimum absolute atomic E-state index is 0.0772. The summed E-state index contributed by atoms with van der Waals surface area (Å²) in [7, 11) is -0.979. The molecule has 1 aromatic carbocycles. The molecule has 1 saturated carbocycles. The van der Waals surface area contributed by atoms with Crippen LogP contribution in [0.4, 0.5) is 0 Å². The summed E-state index contributed by atoms with van der Waals surface area (Å²) in [5.74, 6) is 0. The lowest BCUT2D eigenvalue weighted by Crippen LogP contribution is -2.38. The van der Waals surface area contributed by atoms with E-state index in [1.807, 2.05) is 12.1 Å². The van der Waals surface area contributed by atoms with Crippen LogP contribution < -0.4 is 5.73 Å². The van der Waals surface area contributed by atoms with Crippen molar-refractivity contribution in [3.63, 3.8) is 0 Å². The summed E-state index contributed by atoms with van der Waals surface area (Å²) < 4.78 is 12.9. The summed E-state index contributed by atoms with van der Waals surface area (Å²) >= 11 is 0. The van der Waals surface area contributed by atoms with Gasteiger partial charge in [-0.05, 0) is 36.0 Å². The quantitative estimate of drug-likeness (QED) is 0.892. The Hall–Kier alpha value is -0.670. The molecule has 1 aromatic rings. The third-order valence-electron chi connectivity index (χ3n) is 4.48. The van der Waals surface area contributed by atoms with Gasteiger partial charge >= 0.3 is 0 Å². The molecule has 3 heteroatoms. The van der Waals surface area contributed by atoms with Crippen LogP contribution in [0.5, 0.6) is 0 Å². The van der Waals surface area contributed by atoms with Gasteiger partial charge in [-0.3, -0.25) is 4.21 Å². The maximum Gasteiger partial charge on any atom is 0.0576 e. The Morgan fingerprint density at radius 3 is 2.14 bits per heavy atom. The van der Waals surface area contributed by atoms with Gasteiger partial charge in [-0.15, -0.1) is 0 Å². The third kappa shape index (κ3) is 4.40. The van der Waals surface area contributed by atoms with Crippen molar-refractivity contribution in [3.05, 3.63) is 29.8 Å². The van der Waals surface area contributed by atoms with Crippen molar-refractivity contribution in [2.45, 2.75) is 80.9 Å². The van der Waals surface area contributed by atoms with Crippen LogP contribution in [-0.4, -0.2) is 15.5 Å². The number of hydrogen-bond donors (Lipinski definition) is 1. The molecule has 0 amide bonds. The molecule has 2 N–H and O–H groups in total. The van der Waals surface area contributed by atoms with Crippen LogP contribution in [0.25, 0.3) is 0 Å². The molecular formula is C18H29NOS. The van der Waals surface area contributed by atoms with E-state index in [1.54, 1.807) is 0 Å². The zero-order valence-corrected chi connectivity index (χ0v) is 14.4. The molecule has 1 fully saturated rings. The van der Waals surface area contributed by atoms with E-state index in [-0.39, 0.29) is 16.7 Å². The van der Waals surface area contributed by atoms with Gasteiger partial charge in [0.25, 0.3) is 0 Å². The van der Waals surface area contributed by atoms with E-state index in [0.29, 0.717) is 0 Å². The minimum atomic E-state index is -0.979. The van der Waals surface area contributed by atoms with Gasteiger partial charge in [-0.1, -0.05) is 58.6 Å². The van der Waals surface area contributed by atoms with Crippen molar-refractivity contribution < 1.29 is 4.21 Å². The fourth-order valence-corrected chi connectivity index (χ4v) is 4.60. The van der Waals surface area contributed by atoms with Crippen LogP contribution in [0.2, 0.25) is 0 Å². The van der Waals surface area contributed by atoms with Gasteiger partial charge in [-0.25, -0.2) is 0 Å². The first-order valence-electron chi connectivity index (χ1n) is 8.16. The molecule has 118 valence electrons. The van der Waals surface area contributed by atoms with Crippen LogP contribution in [-0.2, 0) is 16.2 Å². The Labute approximate surface area is 132 Å². The van der Waals surface area contributed by atoms with E-state index < -0.39 is 10.8 Å².